The van der Waals surface area contributed by atoms with E-state index in [1.807, 2.05) is 13.8 Å². The summed E-state index contributed by atoms with van der Waals surface area (Å²) in [5, 5.41) is 0. The number of amides is 1. The fourth-order valence-corrected chi connectivity index (χ4v) is 3.61. The third-order valence-corrected chi connectivity index (χ3v) is 5.30. The number of carbonyl (C=O) groups excluding carboxylic acids is 3. The predicted molar refractivity (Wildman–Crippen MR) is 101 cm³/mol. The van der Waals surface area contributed by atoms with Crippen LogP contribution in [0.4, 0.5) is 0 Å². The molecule has 1 heterocycles. The van der Waals surface area contributed by atoms with Gasteiger partial charge in [-0.3, -0.25) is 9.59 Å². The molecule has 1 unspecified atom stereocenters. The second-order valence-corrected chi connectivity index (χ2v) is 7.01. The molecule has 27 heavy (non-hydrogen) atoms. The average Bonchev–Trinajstić information content (AvgIpc) is 3.46. The minimum atomic E-state index is -0.621. The van der Waals surface area contributed by atoms with Crippen molar-refractivity contribution in [2.24, 2.45) is 5.92 Å². The summed E-state index contributed by atoms with van der Waals surface area (Å²) in [6, 6.07) is -0.621. The molecule has 0 radical (unpaired) electrons. The van der Waals surface area contributed by atoms with Crippen molar-refractivity contribution in [1.82, 2.24) is 9.47 Å². The Balaban J connectivity index is 2.41. The SMILES string of the molecule is CCn1c(C)c(C(=O)C(C)N(CCOC)C(=O)C2CC2)c(C)c1C(=O)OC. The van der Waals surface area contributed by atoms with E-state index in [4.69, 9.17) is 9.47 Å². The van der Waals surface area contributed by atoms with Crippen LogP contribution in [0.1, 0.15) is 58.8 Å². The first-order valence-electron chi connectivity index (χ1n) is 9.41. The van der Waals surface area contributed by atoms with Gasteiger partial charge in [-0.05, 0) is 46.1 Å². The van der Waals surface area contributed by atoms with Crippen LogP contribution in [0.2, 0.25) is 0 Å². The first kappa shape index (κ1) is 21.2. The second-order valence-electron chi connectivity index (χ2n) is 7.01. The Bertz CT molecular complexity index is 733. The molecule has 0 aromatic carbocycles. The highest BCUT2D eigenvalue weighted by Crippen LogP contribution is 2.32. The van der Waals surface area contributed by atoms with Crippen molar-refractivity contribution in [2.45, 2.75) is 53.1 Å². The summed E-state index contributed by atoms with van der Waals surface area (Å²) in [5.41, 5.74) is 2.21. The van der Waals surface area contributed by atoms with Crippen molar-refractivity contribution in [3.05, 3.63) is 22.5 Å². The monoisotopic (exact) mass is 378 g/mol. The number of esters is 1. The topological polar surface area (TPSA) is 77.8 Å². The Morgan fingerprint density at radius 3 is 2.33 bits per heavy atom. The quantitative estimate of drug-likeness (QED) is 0.487. The maximum absolute atomic E-state index is 13.3. The minimum Gasteiger partial charge on any atom is -0.464 e. The molecular formula is C20H30N2O5. The average molecular weight is 378 g/mol. The summed E-state index contributed by atoms with van der Waals surface area (Å²) in [7, 11) is 2.90. The normalized spacial score (nSPS) is 14.7. The van der Waals surface area contributed by atoms with E-state index in [-0.39, 0.29) is 17.6 Å². The molecule has 1 atom stereocenters. The molecule has 150 valence electrons. The Hall–Kier alpha value is -2.15. The van der Waals surface area contributed by atoms with Gasteiger partial charge in [-0.1, -0.05) is 0 Å². The first-order valence-corrected chi connectivity index (χ1v) is 9.41. The van der Waals surface area contributed by atoms with Gasteiger partial charge in [0.25, 0.3) is 0 Å². The molecule has 2 rings (SSSR count). The standard InChI is InChI=1S/C20H30N2O5/c1-7-21-13(3)16(12(2)17(21)20(25)27-6)18(23)14(4)22(10-11-26-5)19(24)15-8-9-15/h14-15H,7-11H2,1-6H3. The summed E-state index contributed by atoms with van der Waals surface area (Å²) in [4.78, 5) is 39.8. The van der Waals surface area contributed by atoms with Gasteiger partial charge in [0.1, 0.15) is 5.69 Å². The van der Waals surface area contributed by atoms with E-state index in [0.717, 1.165) is 18.5 Å². The molecule has 0 N–H and O–H groups in total. The second kappa shape index (κ2) is 8.69. The lowest BCUT2D eigenvalue weighted by Gasteiger charge is -2.28. The van der Waals surface area contributed by atoms with E-state index in [2.05, 4.69) is 0 Å². The van der Waals surface area contributed by atoms with Crippen LogP contribution >= 0.6 is 0 Å². The Kier molecular flexibility index (Phi) is 6.81. The van der Waals surface area contributed by atoms with Gasteiger partial charge in [0.05, 0.1) is 19.8 Å². The Morgan fingerprint density at radius 2 is 1.85 bits per heavy atom. The van der Waals surface area contributed by atoms with Gasteiger partial charge in [-0.2, -0.15) is 0 Å². The van der Waals surface area contributed by atoms with Crippen molar-refractivity contribution in [1.29, 1.82) is 0 Å². The first-order chi connectivity index (χ1) is 12.8. The number of methoxy groups -OCH3 is 2. The molecule has 1 aromatic heterocycles. The van der Waals surface area contributed by atoms with Crippen LogP contribution in [0.25, 0.3) is 0 Å². The van der Waals surface area contributed by atoms with E-state index in [1.54, 1.807) is 30.4 Å². The third-order valence-electron chi connectivity index (χ3n) is 5.30. The van der Waals surface area contributed by atoms with E-state index < -0.39 is 12.0 Å². The minimum absolute atomic E-state index is 0.00585. The molecule has 1 aliphatic rings. The highest BCUT2D eigenvalue weighted by Gasteiger charge is 2.38. The van der Waals surface area contributed by atoms with Gasteiger partial charge >= 0.3 is 5.97 Å². The molecule has 1 aliphatic carbocycles. The number of rotatable bonds is 9. The highest BCUT2D eigenvalue weighted by molar-refractivity contribution is 6.06. The van der Waals surface area contributed by atoms with Crippen LogP contribution in [0.5, 0.6) is 0 Å². The van der Waals surface area contributed by atoms with Crippen molar-refractivity contribution < 1.29 is 23.9 Å². The number of hydrogen-bond donors (Lipinski definition) is 0. The summed E-state index contributed by atoms with van der Waals surface area (Å²) >= 11 is 0. The Morgan fingerprint density at radius 1 is 1.22 bits per heavy atom. The molecule has 1 saturated carbocycles. The zero-order valence-corrected chi connectivity index (χ0v) is 17.1. The van der Waals surface area contributed by atoms with Crippen LogP contribution in [0.15, 0.2) is 0 Å². The Labute approximate surface area is 160 Å². The number of ether oxygens (including phenoxy) is 2. The number of hydrogen-bond acceptors (Lipinski definition) is 5. The fourth-order valence-electron chi connectivity index (χ4n) is 3.61. The van der Waals surface area contributed by atoms with E-state index in [0.29, 0.717) is 36.5 Å². The number of ketones is 1. The van der Waals surface area contributed by atoms with Crippen molar-refractivity contribution >= 4 is 17.7 Å². The van der Waals surface area contributed by atoms with Crippen LogP contribution in [-0.4, -0.2) is 60.5 Å². The summed E-state index contributed by atoms with van der Waals surface area (Å²) in [6.07, 6.45) is 1.75. The molecule has 1 amide bonds. The lowest BCUT2D eigenvalue weighted by molar-refractivity contribution is -0.134. The third kappa shape index (κ3) is 4.08. The fraction of sp³-hybridized carbons (Fsp3) is 0.650. The van der Waals surface area contributed by atoms with Crippen molar-refractivity contribution in [2.75, 3.05) is 27.4 Å². The zero-order valence-electron chi connectivity index (χ0n) is 17.1. The van der Waals surface area contributed by atoms with E-state index in [1.165, 1.54) is 7.11 Å². The molecule has 7 heteroatoms. The number of aromatic nitrogens is 1. The van der Waals surface area contributed by atoms with Gasteiger partial charge in [0.15, 0.2) is 5.78 Å². The van der Waals surface area contributed by atoms with Crippen molar-refractivity contribution in [3.8, 4) is 0 Å². The number of nitrogens with zero attached hydrogens (tertiary/aromatic N) is 2. The van der Waals surface area contributed by atoms with Crippen molar-refractivity contribution in [3.63, 3.8) is 0 Å². The van der Waals surface area contributed by atoms with E-state index in [9.17, 15) is 14.4 Å². The van der Waals surface area contributed by atoms with Gasteiger partial charge in [0.2, 0.25) is 5.91 Å². The summed E-state index contributed by atoms with van der Waals surface area (Å²) in [6.45, 7) is 8.54. The molecule has 1 aromatic rings. The van der Waals surface area contributed by atoms with Gasteiger partial charge in [-0.15, -0.1) is 0 Å². The van der Waals surface area contributed by atoms with Crippen LogP contribution < -0.4 is 0 Å². The molecule has 0 saturated heterocycles. The highest BCUT2D eigenvalue weighted by atomic mass is 16.5. The van der Waals surface area contributed by atoms with Gasteiger partial charge < -0.3 is 18.9 Å². The maximum atomic E-state index is 13.3. The summed E-state index contributed by atoms with van der Waals surface area (Å²) < 4.78 is 11.8. The van der Waals surface area contributed by atoms with E-state index >= 15 is 0 Å². The maximum Gasteiger partial charge on any atom is 0.354 e. The molecule has 0 bridgehead atoms. The molecule has 0 spiro atoms. The van der Waals surface area contributed by atoms with Crippen LogP contribution in [0, 0.1) is 19.8 Å². The van der Waals surface area contributed by atoms with Gasteiger partial charge in [0, 0.05) is 37.4 Å². The van der Waals surface area contributed by atoms with Crippen LogP contribution in [-0.2, 0) is 20.8 Å². The molecular weight excluding hydrogens is 348 g/mol. The van der Waals surface area contributed by atoms with Crippen LogP contribution in [0.3, 0.4) is 0 Å². The lowest BCUT2D eigenvalue weighted by Crippen LogP contribution is -2.46. The van der Waals surface area contributed by atoms with Gasteiger partial charge in [-0.25, -0.2) is 4.79 Å². The predicted octanol–water partition coefficient (Wildman–Crippen LogP) is 2.37. The molecule has 1 fully saturated rings. The zero-order chi connectivity index (χ0) is 20.3. The largest absolute Gasteiger partial charge is 0.464 e. The number of carbonyl (C=O) groups is 3. The number of Topliss-reactive ketones (excluding diaryl/α,β-unsaturated/α-hetero) is 1. The smallest absolute Gasteiger partial charge is 0.354 e. The molecule has 7 nitrogen and oxygen atoms in total. The molecule has 0 aliphatic heterocycles. The summed E-state index contributed by atoms with van der Waals surface area (Å²) in [5.74, 6) is -0.599. The lowest BCUT2D eigenvalue weighted by atomic mass is 9.99.